The van der Waals surface area contributed by atoms with E-state index in [-0.39, 0.29) is 18.2 Å². The molecular formula is C17H19BrN2O3. The molecule has 1 aliphatic carbocycles. The van der Waals surface area contributed by atoms with Crippen molar-refractivity contribution < 1.29 is 14.4 Å². The summed E-state index contributed by atoms with van der Waals surface area (Å²) < 4.78 is 0.876. The summed E-state index contributed by atoms with van der Waals surface area (Å²) in [5.74, 6) is -0.471. The van der Waals surface area contributed by atoms with Gasteiger partial charge in [-0.3, -0.25) is 14.5 Å². The highest BCUT2D eigenvalue weighted by atomic mass is 79.9. The average molecular weight is 379 g/mol. The van der Waals surface area contributed by atoms with E-state index in [1.165, 1.54) is 0 Å². The number of carbonyl (C=O) groups is 3. The van der Waals surface area contributed by atoms with Crippen LogP contribution in [-0.4, -0.2) is 34.7 Å². The summed E-state index contributed by atoms with van der Waals surface area (Å²) in [5.41, 5.74) is -0.288. The molecule has 2 aliphatic rings. The van der Waals surface area contributed by atoms with Crippen molar-refractivity contribution in [3.8, 4) is 0 Å². The molecule has 1 saturated heterocycles. The van der Waals surface area contributed by atoms with Crippen molar-refractivity contribution in [1.29, 1.82) is 0 Å². The Labute approximate surface area is 143 Å². The number of rotatable bonds is 3. The molecule has 3 amide bonds. The number of urea groups is 1. The number of nitrogens with one attached hydrogen (secondary N) is 1. The number of benzene rings is 1. The molecule has 0 unspecified atom stereocenters. The minimum absolute atomic E-state index is 0.200. The number of Topliss-reactive ketones (excluding diaryl/α,β-unsaturated/α-hetero) is 1. The van der Waals surface area contributed by atoms with Crippen LogP contribution in [0.1, 0.15) is 48.9 Å². The Morgan fingerprint density at radius 3 is 2.30 bits per heavy atom. The first kappa shape index (κ1) is 16.2. The van der Waals surface area contributed by atoms with E-state index in [0.717, 1.165) is 35.1 Å². The van der Waals surface area contributed by atoms with Gasteiger partial charge in [0.2, 0.25) is 0 Å². The summed E-state index contributed by atoms with van der Waals surface area (Å²) >= 11 is 3.32. The molecule has 1 N–H and O–H groups in total. The van der Waals surface area contributed by atoms with Crippen LogP contribution in [-0.2, 0) is 4.79 Å². The second-order valence-electron chi connectivity index (χ2n) is 6.25. The molecule has 5 nitrogen and oxygen atoms in total. The van der Waals surface area contributed by atoms with Gasteiger partial charge in [0.15, 0.2) is 5.78 Å². The molecule has 0 bridgehead atoms. The second-order valence-corrected chi connectivity index (χ2v) is 7.16. The third-order valence-electron chi connectivity index (χ3n) is 4.67. The first-order chi connectivity index (χ1) is 11.0. The molecular weight excluding hydrogens is 360 g/mol. The standard InChI is InChI=1S/C17H19BrN2O3/c18-13-7-5-12(6-8-13)14(21)11-20-15(22)17(19-16(20)23)9-3-1-2-4-10-17/h5-8H,1-4,9-11H2,(H,19,23). The fourth-order valence-corrected chi connectivity index (χ4v) is 3.63. The lowest BCUT2D eigenvalue weighted by molar-refractivity contribution is -0.131. The first-order valence-corrected chi connectivity index (χ1v) is 8.74. The third-order valence-corrected chi connectivity index (χ3v) is 5.20. The number of amides is 3. The van der Waals surface area contributed by atoms with Gasteiger partial charge in [-0.15, -0.1) is 0 Å². The van der Waals surface area contributed by atoms with Crippen molar-refractivity contribution >= 4 is 33.7 Å². The number of nitrogens with zero attached hydrogens (tertiary/aromatic N) is 1. The molecule has 0 atom stereocenters. The van der Waals surface area contributed by atoms with Gasteiger partial charge in [0.1, 0.15) is 5.54 Å². The molecule has 0 aromatic heterocycles. The molecule has 1 aromatic rings. The van der Waals surface area contributed by atoms with Gasteiger partial charge in [-0.25, -0.2) is 4.79 Å². The van der Waals surface area contributed by atoms with Crippen LogP contribution in [0.3, 0.4) is 0 Å². The molecule has 23 heavy (non-hydrogen) atoms. The van der Waals surface area contributed by atoms with Crippen molar-refractivity contribution in [1.82, 2.24) is 10.2 Å². The molecule has 2 fully saturated rings. The van der Waals surface area contributed by atoms with Gasteiger partial charge < -0.3 is 5.32 Å². The lowest BCUT2D eigenvalue weighted by atomic mass is 9.90. The van der Waals surface area contributed by atoms with E-state index in [2.05, 4.69) is 21.2 Å². The normalized spacial score (nSPS) is 20.5. The zero-order chi connectivity index (χ0) is 16.4. The lowest BCUT2D eigenvalue weighted by Crippen LogP contribution is -2.46. The van der Waals surface area contributed by atoms with E-state index in [4.69, 9.17) is 0 Å². The van der Waals surface area contributed by atoms with Crippen molar-refractivity contribution in [3.63, 3.8) is 0 Å². The van der Waals surface area contributed by atoms with Crippen LogP contribution in [0.4, 0.5) is 4.79 Å². The second kappa shape index (κ2) is 6.43. The van der Waals surface area contributed by atoms with Crippen LogP contribution in [0.25, 0.3) is 0 Å². The molecule has 1 spiro atoms. The van der Waals surface area contributed by atoms with Gasteiger partial charge in [-0.2, -0.15) is 0 Å². The van der Waals surface area contributed by atoms with Crippen molar-refractivity contribution in [2.45, 2.75) is 44.1 Å². The van der Waals surface area contributed by atoms with Crippen LogP contribution in [0, 0.1) is 0 Å². The smallest absolute Gasteiger partial charge is 0.323 e. The quantitative estimate of drug-likeness (QED) is 0.648. The van der Waals surface area contributed by atoms with Gasteiger partial charge >= 0.3 is 6.03 Å². The summed E-state index contributed by atoms with van der Waals surface area (Å²) in [6, 6.07) is 6.47. The highest BCUT2D eigenvalue weighted by Crippen LogP contribution is 2.32. The van der Waals surface area contributed by atoms with Gasteiger partial charge in [0, 0.05) is 10.0 Å². The van der Waals surface area contributed by atoms with Gasteiger partial charge in [-0.05, 0) is 25.0 Å². The summed E-state index contributed by atoms with van der Waals surface area (Å²) in [6.45, 7) is -0.200. The summed E-state index contributed by atoms with van der Waals surface area (Å²) in [5, 5.41) is 2.85. The summed E-state index contributed by atoms with van der Waals surface area (Å²) in [4.78, 5) is 38.4. The highest BCUT2D eigenvalue weighted by molar-refractivity contribution is 9.10. The number of ketones is 1. The molecule has 6 heteroatoms. The molecule has 122 valence electrons. The van der Waals surface area contributed by atoms with Crippen LogP contribution in [0.15, 0.2) is 28.7 Å². The van der Waals surface area contributed by atoms with Gasteiger partial charge in [0.05, 0.1) is 6.54 Å². The predicted octanol–water partition coefficient (Wildman–Crippen LogP) is 3.28. The lowest BCUT2D eigenvalue weighted by Gasteiger charge is -2.24. The van der Waals surface area contributed by atoms with E-state index >= 15 is 0 Å². The molecule has 0 radical (unpaired) electrons. The predicted molar refractivity (Wildman–Crippen MR) is 89.2 cm³/mol. The molecule has 3 rings (SSSR count). The Morgan fingerprint density at radius 2 is 1.70 bits per heavy atom. The van der Waals surface area contributed by atoms with Crippen LogP contribution < -0.4 is 5.32 Å². The Bertz CT molecular complexity index is 634. The van der Waals surface area contributed by atoms with Crippen LogP contribution in [0.2, 0.25) is 0 Å². The number of hydrogen-bond acceptors (Lipinski definition) is 3. The number of halogens is 1. The number of carbonyl (C=O) groups excluding carboxylic acids is 3. The maximum absolute atomic E-state index is 12.7. The van der Waals surface area contributed by atoms with E-state index in [9.17, 15) is 14.4 Å². The average Bonchev–Trinajstić information content (AvgIpc) is 2.72. The third kappa shape index (κ3) is 3.17. The molecule has 1 aliphatic heterocycles. The van der Waals surface area contributed by atoms with E-state index in [1.54, 1.807) is 24.3 Å². The number of hydrogen-bond donors (Lipinski definition) is 1. The maximum atomic E-state index is 12.7. The zero-order valence-corrected chi connectivity index (χ0v) is 14.4. The number of imide groups is 1. The van der Waals surface area contributed by atoms with Crippen LogP contribution >= 0.6 is 15.9 Å². The molecule has 1 saturated carbocycles. The van der Waals surface area contributed by atoms with Crippen LogP contribution in [0.5, 0.6) is 0 Å². The highest BCUT2D eigenvalue weighted by Gasteiger charge is 2.51. The van der Waals surface area contributed by atoms with E-state index < -0.39 is 11.6 Å². The van der Waals surface area contributed by atoms with Crippen molar-refractivity contribution in [2.24, 2.45) is 0 Å². The Balaban J connectivity index is 1.75. The first-order valence-electron chi connectivity index (χ1n) is 7.95. The zero-order valence-electron chi connectivity index (χ0n) is 12.8. The Morgan fingerprint density at radius 1 is 1.09 bits per heavy atom. The van der Waals surface area contributed by atoms with E-state index in [1.807, 2.05) is 0 Å². The Kier molecular flexibility index (Phi) is 4.53. The largest absolute Gasteiger partial charge is 0.325 e. The van der Waals surface area contributed by atoms with Crippen molar-refractivity contribution in [2.75, 3.05) is 6.54 Å². The monoisotopic (exact) mass is 378 g/mol. The minimum atomic E-state index is -0.784. The topological polar surface area (TPSA) is 66.5 Å². The molecule has 1 aromatic carbocycles. The fourth-order valence-electron chi connectivity index (χ4n) is 3.36. The summed E-state index contributed by atoms with van der Waals surface area (Å²) in [6.07, 6.45) is 5.37. The van der Waals surface area contributed by atoms with Gasteiger partial charge in [0.25, 0.3) is 5.91 Å². The van der Waals surface area contributed by atoms with Gasteiger partial charge in [-0.1, -0.05) is 53.7 Å². The van der Waals surface area contributed by atoms with E-state index in [0.29, 0.717) is 18.4 Å². The maximum Gasteiger partial charge on any atom is 0.325 e. The minimum Gasteiger partial charge on any atom is -0.323 e. The Hall–Kier alpha value is -1.69. The summed E-state index contributed by atoms with van der Waals surface area (Å²) in [7, 11) is 0. The van der Waals surface area contributed by atoms with Crippen molar-refractivity contribution in [3.05, 3.63) is 34.3 Å². The SMILES string of the molecule is O=C(CN1C(=O)NC2(CCCCCC2)C1=O)c1ccc(Br)cc1. The fraction of sp³-hybridized carbons (Fsp3) is 0.471. The molecule has 1 heterocycles.